The van der Waals surface area contributed by atoms with Crippen molar-refractivity contribution in [2.75, 3.05) is 0 Å². The van der Waals surface area contributed by atoms with Crippen LogP contribution in [0.3, 0.4) is 0 Å². The minimum absolute atomic E-state index is 0.0331. The van der Waals surface area contributed by atoms with Crippen molar-refractivity contribution in [3.8, 4) is 0 Å². The Morgan fingerprint density at radius 2 is 1.50 bits per heavy atom. The molecule has 2 N–H and O–H groups in total. The van der Waals surface area contributed by atoms with E-state index in [4.69, 9.17) is 0 Å². The molecular weight excluding hydrogens is 312 g/mol. The first-order valence-corrected chi connectivity index (χ1v) is 7.56. The van der Waals surface area contributed by atoms with E-state index in [1.165, 1.54) is 26.0 Å². The van der Waals surface area contributed by atoms with Crippen LogP contribution in [0, 0.1) is 18.8 Å². The Morgan fingerprint density at radius 3 is 1.92 bits per heavy atom. The first kappa shape index (κ1) is 17.8. The van der Waals surface area contributed by atoms with Gasteiger partial charge in [-0.25, -0.2) is 4.79 Å². The Kier molecular flexibility index (Phi) is 4.60. The fourth-order valence-electron chi connectivity index (χ4n) is 3.67. The fourth-order valence-corrected chi connectivity index (χ4v) is 3.67. The molecule has 0 amide bonds. The number of hydrogen-bond acceptors (Lipinski definition) is 4. The summed E-state index contributed by atoms with van der Waals surface area (Å²) in [4.78, 5) is 46.9. The Morgan fingerprint density at radius 1 is 0.958 bits per heavy atom. The second-order valence-electron chi connectivity index (χ2n) is 6.28. The third-order valence-electron chi connectivity index (χ3n) is 4.84. The van der Waals surface area contributed by atoms with Crippen LogP contribution in [0.5, 0.6) is 0 Å². The zero-order chi connectivity index (χ0) is 18.3. The predicted molar refractivity (Wildman–Crippen MR) is 85.2 cm³/mol. The molecule has 0 saturated heterocycles. The van der Waals surface area contributed by atoms with Gasteiger partial charge in [-0.2, -0.15) is 0 Å². The van der Waals surface area contributed by atoms with E-state index in [1.54, 1.807) is 6.92 Å². The summed E-state index contributed by atoms with van der Waals surface area (Å²) in [7, 11) is 0. The van der Waals surface area contributed by atoms with E-state index in [0.29, 0.717) is 11.1 Å². The number of carboxylic acid groups (broad SMARTS) is 2. The Hall–Kier alpha value is -2.50. The molecule has 0 aliphatic heterocycles. The van der Waals surface area contributed by atoms with Crippen molar-refractivity contribution in [1.82, 2.24) is 0 Å². The summed E-state index contributed by atoms with van der Waals surface area (Å²) >= 11 is 0. The van der Waals surface area contributed by atoms with Gasteiger partial charge in [0, 0.05) is 11.5 Å². The SMILES string of the molecule is [CH2]C1c2cc(C(=O)O)c(C(C)=O)cc2C(C)C(C(=O)O)C1C(C)=O. The zero-order valence-corrected chi connectivity index (χ0v) is 13.7. The van der Waals surface area contributed by atoms with E-state index in [1.807, 2.05) is 0 Å². The second-order valence-corrected chi connectivity index (χ2v) is 6.28. The standard InChI is InChI=1S/C18H19O6/c1-7-12-6-14(17(21)22)13(9(3)19)5-11(12)8(2)16(18(23)24)15(7)10(4)20/h5-8,15-16H,1H2,2-4H3,(H,21,22)(H,23,24). The number of Topliss-reactive ketones (excluding diaryl/α,β-unsaturated/α-hetero) is 2. The van der Waals surface area contributed by atoms with E-state index in [0.717, 1.165) is 0 Å². The molecule has 0 heterocycles. The average Bonchev–Trinajstić information content (AvgIpc) is 2.48. The van der Waals surface area contributed by atoms with Crippen LogP contribution < -0.4 is 0 Å². The summed E-state index contributed by atoms with van der Waals surface area (Å²) in [6, 6.07) is 2.80. The number of ketones is 2. The Labute approximate surface area is 139 Å². The first-order chi connectivity index (χ1) is 11.1. The normalized spacial score (nSPS) is 25.7. The van der Waals surface area contributed by atoms with Crippen molar-refractivity contribution in [1.29, 1.82) is 0 Å². The summed E-state index contributed by atoms with van der Waals surface area (Å²) < 4.78 is 0. The van der Waals surface area contributed by atoms with E-state index in [2.05, 4.69) is 6.92 Å². The highest BCUT2D eigenvalue weighted by molar-refractivity contribution is 6.05. The van der Waals surface area contributed by atoms with Crippen molar-refractivity contribution in [2.45, 2.75) is 32.6 Å². The number of hydrogen-bond donors (Lipinski definition) is 2. The van der Waals surface area contributed by atoms with Crippen LogP contribution in [0.1, 0.15) is 64.4 Å². The summed E-state index contributed by atoms with van der Waals surface area (Å²) in [6.07, 6.45) is 0. The van der Waals surface area contributed by atoms with Crippen molar-refractivity contribution < 1.29 is 29.4 Å². The molecule has 127 valence electrons. The lowest BCUT2D eigenvalue weighted by Gasteiger charge is -2.39. The van der Waals surface area contributed by atoms with Gasteiger partial charge in [-0.15, -0.1) is 0 Å². The molecular formula is C18H19O6. The van der Waals surface area contributed by atoms with Crippen LogP contribution in [-0.4, -0.2) is 33.7 Å². The molecule has 0 bridgehead atoms. The number of carboxylic acids is 2. The lowest BCUT2D eigenvalue weighted by Crippen LogP contribution is -2.40. The van der Waals surface area contributed by atoms with Gasteiger partial charge in [-0.05, 0) is 55.9 Å². The van der Waals surface area contributed by atoms with Crippen LogP contribution >= 0.6 is 0 Å². The highest BCUT2D eigenvalue weighted by atomic mass is 16.4. The average molecular weight is 331 g/mol. The smallest absolute Gasteiger partial charge is 0.336 e. The minimum atomic E-state index is -1.25. The number of benzene rings is 1. The molecule has 0 fully saturated rings. The van der Waals surface area contributed by atoms with Gasteiger partial charge >= 0.3 is 11.9 Å². The van der Waals surface area contributed by atoms with Gasteiger partial charge in [0.05, 0.1) is 11.5 Å². The van der Waals surface area contributed by atoms with Gasteiger partial charge in [-0.3, -0.25) is 14.4 Å². The topological polar surface area (TPSA) is 109 Å². The van der Waals surface area contributed by atoms with Crippen molar-refractivity contribution in [2.24, 2.45) is 11.8 Å². The number of aliphatic carboxylic acids is 1. The molecule has 6 nitrogen and oxygen atoms in total. The summed E-state index contributed by atoms with van der Waals surface area (Å²) in [6.45, 7) is 8.17. The van der Waals surface area contributed by atoms with E-state index in [9.17, 15) is 29.4 Å². The number of fused-ring (bicyclic) bond motifs is 1. The molecule has 1 aliphatic rings. The Bertz CT molecular complexity index is 685. The van der Waals surface area contributed by atoms with Crippen LogP contribution in [0.15, 0.2) is 12.1 Å². The van der Waals surface area contributed by atoms with Crippen LogP contribution in [0.25, 0.3) is 0 Å². The maximum absolute atomic E-state index is 12.0. The summed E-state index contributed by atoms with van der Waals surface area (Å²) in [5, 5.41) is 18.9. The van der Waals surface area contributed by atoms with Gasteiger partial charge in [0.1, 0.15) is 5.78 Å². The molecule has 4 atom stereocenters. The predicted octanol–water partition coefficient (Wildman–Crippen LogP) is 2.53. The molecule has 24 heavy (non-hydrogen) atoms. The van der Waals surface area contributed by atoms with Crippen LogP contribution in [0.2, 0.25) is 0 Å². The monoisotopic (exact) mass is 331 g/mol. The fraction of sp³-hybridized carbons (Fsp3) is 0.389. The molecule has 0 spiro atoms. The molecule has 1 aliphatic carbocycles. The lowest BCUT2D eigenvalue weighted by atomic mass is 9.63. The summed E-state index contributed by atoms with van der Waals surface area (Å²) in [5.74, 6) is -6.09. The minimum Gasteiger partial charge on any atom is -0.481 e. The van der Waals surface area contributed by atoms with Gasteiger partial charge in [0.25, 0.3) is 0 Å². The lowest BCUT2D eigenvalue weighted by molar-refractivity contribution is -0.148. The third-order valence-corrected chi connectivity index (χ3v) is 4.84. The van der Waals surface area contributed by atoms with Gasteiger partial charge < -0.3 is 10.2 Å². The van der Waals surface area contributed by atoms with Gasteiger partial charge in [0.15, 0.2) is 5.78 Å². The van der Waals surface area contributed by atoms with Crippen molar-refractivity contribution in [3.63, 3.8) is 0 Å². The van der Waals surface area contributed by atoms with Gasteiger partial charge in [-0.1, -0.05) is 6.92 Å². The maximum Gasteiger partial charge on any atom is 0.336 e. The molecule has 1 aromatic carbocycles. The Balaban J connectivity index is 2.77. The largest absolute Gasteiger partial charge is 0.481 e. The number of rotatable bonds is 4. The molecule has 1 aromatic rings. The molecule has 0 saturated carbocycles. The van der Waals surface area contributed by atoms with Crippen molar-refractivity contribution >= 4 is 23.5 Å². The number of carbonyl (C=O) groups excluding carboxylic acids is 2. The third kappa shape index (κ3) is 2.72. The zero-order valence-electron chi connectivity index (χ0n) is 13.7. The highest BCUT2D eigenvalue weighted by Crippen LogP contribution is 2.47. The molecule has 1 radical (unpaired) electrons. The maximum atomic E-state index is 12.0. The number of carbonyl (C=O) groups is 4. The van der Waals surface area contributed by atoms with Crippen LogP contribution in [0.4, 0.5) is 0 Å². The highest BCUT2D eigenvalue weighted by Gasteiger charge is 2.45. The molecule has 6 heteroatoms. The van der Waals surface area contributed by atoms with E-state index in [-0.39, 0.29) is 16.9 Å². The second kappa shape index (κ2) is 6.19. The first-order valence-electron chi connectivity index (χ1n) is 7.56. The molecule has 2 rings (SSSR count). The van der Waals surface area contributed by atoms with Crippen LogP contribution in [-0.2, 0) is 9.59 Å². The number of aromatic carboxylic acids is 1. The quantitative estimate of drug-likeness (QED) is 0.821. The van der Waals surface area contributed by atoms with Crippen molar-refractivity contribution in [3.05, 3.63) is 41.3 Å². The molecule has 0 aromatic heterocycles. The van der Waals surface area contributed by atoms with E-state index >= 15 is 0 Å². The van der Waals surface area contributed by atoms with E-state index < -0.39 is 41.4 Å². The summed E-state index contributed by atoms with van der Waals surface area (Å²) in [5.41, 5.74) is 0.960. The van der Waals surface area contributed by atoms with Gasteiger partial charge in [0.2, 0.25) is 0 Å². The molecule has 4 unspecified atom stereocenters.